The molecule has 0 radical (unpaired) electrons. The molecule has 0 saturated carbocycles. The quantitative estimate of drug-likeness (QED) is 0.450. The van der Waals surface area contributed by atoms with Gasteiger partial charge in [0, 0.05) is 0 Å². The summed E-state index contributed by atoms with van der Waals surface area (Å²) in [5, 5.41) is 6.98. The predicted molar refractivity (Wildman–Crippen MR) is 122 cm³/mol. The fourth-order valence-corrected chi connectivity index (χ4v) is 4.19. The van der Waals surface area contributed by atoms with Crippen LogP contribution in [0.5, 0.6) is 5.75 Å². The Bertz CT molecular complexity index is 909. The highest BCUT2D eigenvalue weighted by atomic mass is 32.1. The zero-order chi connectivity index (χ0) is 22.3. The average molecular weight is 451 g/mol. The molecule has 0 amide bonds. The van der Waals surface area contributed by atoms with E-state index in [0.29, 0.717) is 20.6 Å². The van der Waals surface area contributed by atoms with E-state index in [-0.39, 0.29) is 24.8 Å². The van der Waals surface area contributed by atoms with Gasteiger partial charge >= 0.3 is 11.9 Å². The van der Waals surface area contributed by atoms with Gasteiger partial charge in [-0.05, 0) is 63.2 Å². The van der Waals surface area contributed by atoms with Crippen LogP contribution in [0.15, 0.2) is 24.3 Å². The molecular formula is C21H26N2O5S2. The van der Waals surface area contributed by atoms with E-state index in [4.69, 9.17) is 26.4 Å². The molecular weight excluding hydrogens is 424 g/mol. The summed E-state index contributed by atoms with van der Waals surface area (Å²) in [6, 6.07) is 7.54. The Labute approximate surface area is 185 Å². The zero-order valence-electron chi connectivity index (χ0n) is 17.7. The SMILES string of the molecule is CCOC(=O)c1sc(NC(=S)NC(C)c2ccc(OC)cc2)c(C(=O)OCC)c1C. The number of thiophene rings is 1. The molecule has 9 heteroatoms. The normalized spacial score (nSPS) is 11.4. The largest absolute Gasteiger partial charge is 0.497 e. The van der Waals surface area contributed by atoms with Crippen molar-refractivity contribution in [2.75, 3.05) is 25.6 Å². The molecule has 2 rings (SSSR count). The molecule has 0 aliphatic heterocycles. The molecule has 2 aromatic rings. The van der Waals surface area contributed by atoms with Crippen molar-refractivity contribution in [3.63, 3.8) is 0 Å². The lowest BCUT2D eigenvalue weighted by Crippen LogP contribution is -2.31. The molecule has 0 saturated heterocycles. The molecule has 1 aromatic carbocycles. The predicted octanol–water partition coefficient (Wildman–Crippen LogP) is 4.47. The summed E-state index contributed by atoms with van der Waals surface area (Å²) in [7, 11) is 1.62. The van der Waals surface area contributed by atoms with Crippen LogP contribution in [0.25, 0.3) is 0 Å². The number of esters is 2. The molecule has 7 nitrogen and oxygen atoms in total. The Kier molecular flexibility index (Phi) is 8.61. The number of methoxy groups -OCH3 is 1. The second-order valence-electron chi connectivity index (χ2n) is 6.29. The third-order valence-corrected chi connectivity index (χ3v) is 5.68. The Balaban J connectivity index is 2.22. The molecule has 0 aliphatic carbocycles. The number of carbonyl (C=O) groups is 2. The number of rotatable bonds is 8. The number of thiocarbonyl (C=S) groups is 1. The van der Waals surface area contributed by atoms with E-state index in [9.17, 15) is 9.59 Å². The maximum Gasteiger partial charge on any atom is 0.348 e. The van der Waals surface area contributed by atoms with Gasteiger partial charge in [0.15, 0.2) is 5.11 Å². The number of benzene rings is 1. The minimum Gasteiger partial charge on any atom is -0.497 e. The van der Waals surface area contributed by atoms with Crippen molar-refractivity contribution >= 4 is 45.6 Å². The summed E-state index contributed by atoms with van der Waals surface area (Å²) in [5.74, 6) is -0.231. The molecule has 1 atom stereocenters. The summed E-state index contributed by atoms with van der Waals surface area (Å²) in [6.45, 7) is 7.57. The Morgan fingerprint density at radius 2 is 1.70 bits per heavy atom. The van der Waals surface area contributed by atoms with Crippen LogP contribution in [0.1, 0.15) is 58.0 Å². The lowest BCUT2D eigenvalue weighted by atomic mass is 10.1. The minimum atomic E-state index is -0.518. The van der Waals surface area contributed by atoms with Gasteiger partial charge in [-0.25, -0.2) is 9.59 Å². The van der Waals surface area contributed by atoms with Gasteiger partial charge in [-0.1, -0.05) is 12.1 Å². The lowest BCUT2D eigenvalue weighted by Gasteiger charge is -2.17. The second kappa shape index (κ2) is 10.9. The third-order valence-electron chi connectivity index (χ3n) is 4.28. The highest BCUT2D eigenvalue weighted by Gasteiger charge is 2.27. The van der Waals surface area contributed by atoms with Crippen molar-refractivity contribution in [2.45, 2.75) is 33.7 Å². The van der Waals surface area contributed by atoms with E-state index < -0.39 is 11.9 Å². The van der Waals surface area contributed by atoms with Crippen LogP contribution >= 0.6 is 23.6 Å². The van der Waals surface area contributed by atoms with Gasteiger partial charge in [0.25, 0.3) is 0 Å². The van der Waals surface area contributed by atoms with Crippen LogP contribution in [-0.2, 0) is 9.47 Å². The molecule has 0 spiro atoms. The highest BCUT2D eigenvalue weighted by molar-refractivity contribution is 7.80. The number of hydrogen-bond donors (Lipinski definition) is 2. The average Bonchev–Trinajstić information content (AvgIpc) is 3.04. The van der Waals surface area contributed by atoms with Crippen LogP contribution < -0.4 is 15.4 Å². The van der Waals surface area contributed by atoms with Gasteiger partial charge in [0.2, 0.25) is 0 Å². The number of ether oxygens (including phenoxy) is 3. The van der Waals surface area contributed by atoms with E-state index in [1.54, 1.807) is 27.9 Å². The zero-order valence-corrected chi connectivity index (χ0v) is 19.3. The number of hydrogen-bond acceptors (Lipinski definition) is 7. The van der Waals surface area contributed by atoms with E-state index in [1.807, 2.05) is 31.2 Å². The van der Waals surface area contributed by atoms with Gasteiger partial charge in [0.1, 0.15) is 15.6 Å². The first-order valence-electron chi connectivity index (χ1n) is 9.51. The van der Waals surface area contributed by atoms with Crippen LogP contribution in [0, 0.1) is 6.92 Å². The third kappa shape index (κ3) is 5.70. The first kappa shape index (κ1) is 23.6. The first-order valence-corrected chi connectivity index (χ1v) is 10.7. The van der Waals surface area contributed by atoms with E-state index in [2.05, 4.69) is 10.6 Å². The molecule has 0 aliphatic rings. The molecule has 2 N–H and O–H groups in total. The standard InChI is InChI=1S/C21H26N2O5S2/c1-6-27-19(24)16-12(3)17(20(25)28-7-2)30-18(16)23-21(29)22-13(4)14-8-10-15(26-5)11-9-14/h8-11,13H,6-7H2,1-5H3,(H2,22,23,29). The second-order valence-corrected chi connectivity index (χ2v) is 7.72. The van der Waals surface area contributed by atoms with E-state index in [1.165, 1.54) is 0 Å². The summed E-state index contributed by atoms with van der Waals surface area (Å²) in [6.07, 6.45) is 0. The molecule has 0 fully saturated rings. The topological polar surface area (TPSA) is 85.9 Å². The van der Waals surface area contributed by atoms with Gasteiger partial charge in [0.05, 0.1) is 31.9 Å². The first-order chi connectivity index (χ1) is 14.3. The van der Waals surface area contributed by atoms with Gasteiger partial charge in [-0.3, -0.25) is 0 Å². The molecule has 1 heterocycles. The van der Waals surface area contributed by atoms with Gasteiger partial charge < -0.3 is 24.8 Å². The van der Waals surface area contributed by atoms with E-state index in [0.717, 1.165) is 22.6 Å². The smallest absolute Gasteiger partial charge is 0.348 e. The molecule has 162 valence electrons. The molecule has 1 unspecified atom stereocenters. The molecule has 1 aromatic heterocycles. The lowest BCUT2D eigenvalue weighted by molar-refractivity contribution is 0.0527. The minimum absolute atomic E-state index is 0.0902. The van der Waals surface area contributed by atoms with Crippen molar-refractivity contribution in [3.05, 3.63) is 45.8 Å². The summed E-state index contributed by atoms with van der Waals surface area (Å²) in [4.78, 5) is 25.1. The monoisotopic (exact) mass is 450 g/mol. The summed E-state index contributed by atoms with van der Waals surface area (Å²) >= 11 is 6.55. The Morgan fingerprint density at radius 3 is 2.27 bits per heavy atom. The van der Waals surface area contributed by atoms with Gasteiger partial charge in [-0.2, -0.15) is 0 Å². The van der Waals surface area contributed by atoms with Crippen molar-refractivity contribution < 1.29 is 23.8 Å². The fraction of sp³-hybridized carbons (Fsp3) is 0.381. The van der Waals surface area contributed by atoms with Gasteiger partial charge in [-0.15, -0.1) is 11.3 Å². The number of anilines is 1. The van der Waals surface area contributed by atoms with Crippen LogP contribution in [-0.4, -0.2) is 37.4 Å². The summed E-state index contributed by atoms with van der Waals surface area (Å²) < 4.78 is 15.4. The fourth-order valence-electron chi connectivity index (χ4n) is 2.75. The molecule has 0 bridgehead atoms. The Hall–Kier alpha value is -2.65. The van der Waals surface area contributed by atoms with E-state index >= 15 is 0 Å². The van der Waals surface area contributed by atoms with Crippen molar-refractivity contribution in [1.82, 2.24) is 5.32 Å². The van der Waals surface area contributed by atoms with Crippen LogP contribution in [0.3, 0.4) is 0 Å². The van der Waals surface area contributed by atoms with Crippen molar-refractivity contribution in [1.29, 1.82) is 0 Å². The van der Waals surface area contributed by atoms with Crippen LogP contribution in [0.2, 0.25) is 0 Å². The molecule has 30 heavy (non-hydrogen) atoms. The maximum atomic E-state index is 12.5. The number of nitrogens with one attached hydrogen (secondary N) is 2. The van der Waals surface area contributed by atoms with Crippen LogP contribution in [0.4, 0.5) is 5.00 Å². The maximum absolute atomic E-state index is 12.5. The highest BCUT2D eigenvalue weighted by Crippen LogP contribution is 2.34. The number of carbonyl (C=O) groups excluding carboxylic acids is 2. The summed E-state index contributed by atoms with van der Waals surface area (Å²) in [5.41, 5.74) is 1.80. The van der Waals surface area contributed by atoms with Crippen molar-refractivity contribution in [2.24, 2.45) is 0 Å². The van der Waals surface area contributed by atoms with Crippen molar-refractivity contribution in [3.8, 4) is 5.75 Å². The Morgan fingerprint density at radius 1 is 1.10 bits per heavy atom.